The molecule has 1 aromatic heterocycles. The van der Waals surface area contributed by atoms with E-state index >= 15 is 0 Å². The number of aromatic amines is 1. The van der Waals surface area contributed by atoms with E-state index in [1.165, 1.54) is 12.3 Å². The number of rotatable bonds is 4. The fraction of sp³-hybridized carbons (Fsp3) is 0.0500. The fourth-order valence-electron chi connectivity index (χ4n) is 2.71. The first-order valence-corrected chi connectivity index (χ1v) is 8.40. The van der Waals surface area contributed by atoms with Crippen molar-refractivity contribution in [3.63, 3.8) is 0 Å². The number of carbonyl (C=O) groups is 2. The smallest absolute Gasteiger partial charge is 0.261 e. The summed E-state index contributed by atoms with van der Waals surface area (Å²) in [6.45, 7) is 0.131. The van der Waals surface area contributed by atoms with Gasteiger partial charge in [-0.05, 0) is 48.5 Å². The molecule has 0 radical (unpaired) electrons. The molecule has 0 unspecified atom stereocenters. The second-order valence-electron chi connectivity index (χ2n) is 5.97. The summed E-state index contributed by atoms with van der Waals surface area (Å²) in [4.78, 5) is 38.9. The van der Waals surface area contributed by atoms with Gasteiger partial charge in [-0.25, -0.2) is 0 Å². The maximum Gasteiger partial charge on any atom is 0.261 e. The first-order valence-electron chi connectivity index (χ1n) is 8.40. The van der Waals surface area contributed by atoms with Gasteiger partial charge in [0, 0.05) is 23.1 Å². The highest BCUT2D eigenvalue weighted by Gasteiger charge is 2.16. The Balaban J connectivity index is 1.48. The van der Waals surface area contributed by atoms with Gasteiger partial charge in [-0.1, -0.05) is 6.07 Å². The third kappa shape index (κ3) is 3.56. The number of carbonyl (C=O) groups excluding carboxylic acids is 2. The van der Waals surface area contributed by atoms with Gasteiger partial charge in [0.05, 0.1) is 0 Å². The minimum atomic E-state index is -0.541. The zero-order valence-corrected chi connectivity index (χ0v) is 14.5. The topological polar surface area (TPSA) is 110 Å². The highest BCUT2D eigenvalue weighted by atomic mass is 16.7. The Bertz CT molecular complexity index is 1120. The van der Waals surface area contributed by atoms with Gasteiger partial charge in [0.25, 0.3) is 17.4 Å². The summed E-state index contributed by atoms with van der Waals surface area (Å²) in [5, 5.41) is 5.40. The van der Waals surface area contributed by atoms with E-state index in [0.717, 1.165) is 0 Å². The molecule has 0 atom stereocenters. The summed E-state index contributed by atoms with van der Waals surface area (Å²) in [5.41, 5.74) is 0.859. The number of nitrogens with one attached hydrogen (secondary N) is 3. The first kappa shape index (κ1) is 17.3. The number of aromatic nitrogens is 1. The largest absolute Gasteiger partial charge is 0.454 e. The molecule has 2 heterocycles. The molecule has 0 saturated heterocycles. The zero-order chi connectivity index (χ0) is 19.5. The van der Waals surface area contributed by atoms with Crippen LogP contribution in [-0.4, -0.2) is 23.6 Å². The summed E-state index contributed by atoms with van der Waals surface area (Å²) >= 11 is 0. The van der Waals surface area contributed by atoms with Crippen molar-refractivity contribution in [1.29, 1.82) is 0 Å². The highest BCUT2D eigenvalue weighted by Crippen LogP contribution is 2.32. The second kappa shape index (κ2) is 7.28. The second-order valence-corrected chi connectivity index (χ2v) is 5.97. The molecule has 1 aliphatic heterocycles. The van der Waals surface area contributed by atoms with E-state index < -0.39 is 11.5 Å². The molecule has 4 rings (SSSR count). The van der Waals surface area contributed by atoms with Crippen molar-refractivity contribution in [2.45, 2.75) is 0 Å². The number of hydrogen-bond acceptors (Lipinski definition) is 5. The predicted octanol–water partition coefficient (Wildman–Crippen LogP) is 2.61. The van der Waals surface area contributed by atoms with Crippen LogP contribution in [0.1, 0.15) is 20.7 Å². The normalized spacial score (nSPS) is 11.7. The Morgan fingerprint density at radius 3 is 2.39 bits per heavy atom. The molecule has 0 bridgehead atoms. The van der Waals surface area contributed by atoms with E-state index in [-0.39, 0.29) is 18.3 Å². The van der Waals surface area contributed by atoms with E-state index in [4.69, 9.17) is 9.47 Å². The summed E-state index contributed by atoms with van der Waals surface area (Å²) in [7, 11) is 0. The van der Waals surface area contributed by atoms with E-state index in [0.29, 0.717) is 28.4 Å². The van der Waals surface area contributed by atoms with Gasteiger partial charge >= 0.3 is 0 Å². The van der Waals surface area contributed by atoms with Gasteiger partial charge in [0.15, 0.2) is 11.5 Å². The lowest BCUT2D eigenvalue weighted by molar-refractivity contribution is 0.101. The van der Waals surface area contributed by atoms with Crippen LogP contribution in [0.2, 0.25) is 0 Å². The first-order chi connectivity index (χ1) is 13.6. The molecule has 28 heavy (non-hydrogen) atoms. The van der Waals surface area contributed by atoms with Gasteiger partial charge in [-0.3, -0.25) is 14.4 Å². The number of pyridine rings is 1. The summed E-state index contributed by atoms with van der Waals surface area (Å²) in [6, 6.07) is 14.5. The van der Waals surface area contributed by atoms with Crippen LogP contribution in [0.4, 0.5) is 11.4 Å². The van der Waals surface area contributed by atoms with Gasteiger partial charge in [-0.2, -0.15) is 0 Å². The lowest BCUT2D eigenvalue weighted by Crippen LogP contribution is -2.22. The number of hydrogen-bond donors (Lipinski definition) is 3. The summed E-state index contributed by atoms with van der Waals surface area (Å²) in [5.74, 6) is 0.237. The molecule has 140 valence electrons. The molecule has 1 aliphatic rings. The van der Waals surface area contributed by atoms with Crippen LogP contribution in [0.5, 0.6) is 11.5 Å². The third-order valence-electron chi connectivity index (χ3n) is 4.08. The number of fused-ring (bicyclic) bond motifs is 1. The Hall–Kier alpha value is -4.07. The Labute approximate surface area is 159 Å². The van der Waals surface area contributed by atoms with E-state index in [1.54, 1.807) is 48.5 Å². The maximum absolute atomic E-state index is 12.5. The van der Waals surface area contributed by atoms with Crippen molar-refractivity contribution >= 4 is 23.2 Å². The SMILES string of the molecule is O=C(Nc1cccc(NC(=O)c2ccc[nH]c2=O)c1)c1ccc2c(c1)OCO2. The van der Waals surface area contributed by atoms with Crippen molar-refractivity contribution in [3.05, 3.63) is 82.3 Å². The monoisotopic (exact) mass is 377 g/mol. The maximum atomic E-state index is 12.5. The van der Waals surface area contributed by atoms with Gasteiger partial charge < -0.3 is 25.1 Å². The Morgan fingerprint density at radius 2 is 1.61 bits per heavy atom. The quantitative estimate of drug-likeness (QED) is 0.647. The number of anilines is 2. The lowest BCUT2D eigenvalue weighted by Gasteiger charge is -2.09. The number of amides is 2. The van der Waals surface area contributed by atoms with Crippen LogP contribution in [0.25, 0.3) is 0 Å². The van der Waals surface area contributed by atoms with Crippen LogP contribution in [0.15, 0.2) is 65.6 Å². The minimum absolute atomic E-state index is 0.00250. The van der Waals surface area contributed by atoms with Crippen LogP contribution in [-0.2, 0) is 0 Å². The Morgan fingerprint density at radius 1 is 0.857 bits per heavy atom. The highest BCUT2D eigenvalue weighted by molar-refractivity contribution is 6.06. The third-order valence-corrected chi connectivity index (χ3v) is 4.08. The molecular formula is C20H15N3O5. The Kier molecular flexibility index (Phi) is 4.51. The standard InChI is InChI=1S/C20H15N3O5/c24-18(12-6-7-16-17(9-12)28-11-27-16)22-13-3-1-4-14(10-13)23-20(26)15-5-2-8-21-19(15)25/h1-10H,11H2,(H,21,25)(H,22,24)(H,23,26). The lowest BCUT2D eigenvalue weighted by atomic mass is 10.2. The zero-order valence-electron chi connectivity index (χ0n) is 14.5. The summed E-state index contributed by atoms with van der Waals surface area (Å²) < 4.78 is 10.5. The average Bonchev–Trinajstić information content (AvgIpc) is 3.16. The minimum Gasteiger partial charge on any atom is -0.454 e. The van der Waals surface area contributed by atoms with Crippen molar-refractivity contribution in [2.75, 3.05) is 17.4 Å². The van der Waals surface area contributed by atoms with Crippen molar-refractivity contribution in [3.8, 4) is 11.5 Å². The molecule has 3 N–H and O–H groups in total. The van der Waals surface area contributed by atoms with E-state index in [9.17, 15) is 14.4 Å². The van der Waals surface area contributed by atoms with Crippen LogP contribution < -0.4 is 25.7 Å². The average molecular weight is 377 g/mol. The van der Waals surface area contributed by atoms with Crippen LogP contribution in [0.3, 0.4) is 0 Å². The van der Waals surface area contributed by atoms with Crippen LogP contribution in [0, 0.1) is 0 Å². The number of ether oxygens (including phenoxy) is 2. The molecule has 3 aromatic rings. The van der Waals surface area contributed by atoms with Gasteiger partial charge in [-0.15, -0.1) is 0 Å². The molecule has 0 saturated carbocycles. The number of benzene rings is 2. The van der Waals surface area contributed by atoms with Gasteiger partial charge in [0.1, 0.15) is 5.56 Å². The van der Waals surface area contributed by atoms with E-state index in [2.05, 4.69) is 15.6 Å². The molecule has 8 heteroatoms. The molecule has 2 amide bonds. The van der Waals surface area contributed by atoms with Crippen molar-refractivity contribution in [2.24, 2.45) is 0 Å². The van der Waals surface area contributed by atoms with Crippen LogP contribution >= 0.6 is 0 Å². The van der Waals surface area contributed by atoms with E-state index in [1.807, 2.05) is 0 Å². The molecule has 0 aliphatic carbocycles. The molecular weight excluding hydrogens is 362 g/mol. The fourth-order valence-corrected chi connectivity index (χ4v) is 2.71. The van der Waals surface area contributed by atoms with Gasteiger partial charge in [0.2, 0.25) is 6.79 Å². The van der Waals surface area contributed by atoms with Crippen molar-refractivity contribution < 1.29 is 19.1 Å². The predicted molar refractivity (Wildman–Crippen MR) is 102 cm³/mol. The molecule has 8 nitrogen and oxygen atoms in total. The molecule has 0 fully saturated rings. The number of H-pyrrole nitrogens is 1. The molecule has 2 aromatic carbocycles. The summed E-state index contributed by atoms with van der Waals surface area (Å²) in [6.07, 6.45) is 1.45. The molecule has 0 spiro atoms. The van der Waals surface area contributed by atoms with Crippen molar-refractivity contribution in [1.82, 2.24) is 4.98 Å².